The third-order valence-corrected chi connectivity index (χ3v) is 3.78. The first kappa shape index (κ1) is 16.4. The highest BCUT2D eigenvalue weighted by atomic mass is 16.2. The van der Waals surface area contributed by atoms with Crippen molar-refractivity contribution in [3.05, 3.63) is 0 Å². The van der Waals surface area contributed by atoms with Crippen LogP contribution in [-0.2, 0) is 4.79 Å². The number of carbonyl (C=O) groups is 1. The minimum absolute atomic E-state index is 0.0189. The second kappa shape index (κ2) is 7.85. The molecule has 4 heteroatoms. The molecule has 4 nitrogen and oxygen atoms in total. The van der Waals surface area contributed by atoms with Gasteiger partial charge in [0, 0.05) is 6.54 Å². The first-order chi connectivity index (χ1) is 8.97. The molecule has 1 heterocycles. The topological polar surface area (TPSA) is 35.6 Å². The molecule has 0 aliphatic carbocycles. The Morgan fingerprint density at radius 2 is 2.00 bits per heavy atom. The molecule has 1 aliphatic heterocycles. The second-order valence-corrected chi connectivity index (χ2v) is 6.23. The lowest BCUT2D eigenvalue weighted by molar-refractivity contribution is -0.130. The highest BCUT2D eigenvalue weighted by molar-refractivity contribution is 5.84. The van der Waals surface area contributed by atoms with Gasteiger partial charge in [0.2, 0.25) is 5.91 Å². The van der Waals surface area contributed by atoms with Gasteiger partial charge < -0.3 is 9.80 Å². The van der Waals surface area contributed by atoms with Crippen molar-refractivity contribution < 1.29 is 4.79 Å². The molecule has 1 amide bonds. The van der Waals surface area contributed by atoms with Crippen LogP contribution >= 0.6 is 0 Å². The maximum absolute atomic E-state index is 12.4. The fourth-order valence-electron chi connectivity index (χ4n) is 2.67. The molecule has 0 radical (unpaired) electrons. The van der Waals surface area contributed by atoms with E-state index in [1.54, 1.807) is 0 Å². The number of amides is 1. The molecule has 0 aromatic rings. The Balaban J connectivity index is 2.49. The Bertz CT molecular complexity index is 279. The molecule has 1 N–H and O–H groups in total. The van der Waals surface area contributed by atoms with E-state index in [1.165, 1.54) is 0 Å². The van der Waals surface area contributed by atoms with E-state index in [0.717, 1.165) is 38.8 Å². The average Bonchev–Trinajstić information content (AvgIpc) is 2.63. The molecule has 1 rings (SSSR count). The van der Waals surface area contributed by atoms with Crippen molar-refractivity contribution in [2.75, 3.05) is 27.2 Å². The number of hydrogen-bond donors (Lipinski definition) is 1. The van der Waals surface area contributed by atoms with Gasteiger partial charge in [-0.1, -0.05) is 27.2 Å². The van der Waals surface area contributed by atoms with Gasteiger partial charge in [-0.3, -0.25) is 10.1 Å². The SMILES string of the molecule is CCCC1NC(C(C)C)C(=O)N1CCCCN(C)C. The van der Waals surface area contributed by atoms with E-state index in [2.05, 4.69) is 50.0 Å². The summed E-state index contributed by atoms with van der Waals surface area (Å²) in [5, 5.41) is 3.51. The molecule has 112 valence electrons. The van der Waals surface area contributed by atoms with Gasteiger partial charge in [0.05, 0.1) is 12.2 Å². The van der Waals surface area contributed by atoms with Crippen LogP contribution < -0.4 is 5.32 Å². The summed E-state index contributed by atoms with van der Waals surface area (Å²) >= 11 is 0. The monoisotopic (exact) mass is 269 g/mol. The summed E-state index contributed by atoms with van der Waals surface area (Å²) in [6, 6.07) is 0.0189. The van der Waals surface area contributed by atoms with E-state index in [9.17, 15) is 4.79 Å². The zero-order chi connectivity index (χ0) is 14.4. The maximum atomic E-state index is 12.4. The van der Waals surface area contributed by atoms with Gasteiger partial charge in [0.25, 0.3) is 0 Å². The minimum Gasteiger partial charge on any atom is -0.326 e. The van der Waals surface area contributed by atoms with Crippen LogP contribution in [0.3, 0.4) is 0 Å². The number of hydrogen-bond acceptors (Lipinski definition) is 3. The van der Waals surface area contributed by atoms with Crippen molar-refractivity contribution in [3.8, 4) is 0 Å². The summed E-state index contributed by atoms with van der Waals surface area (Å²) in [6.45, 7) is 8.41. The Kier molecular flexibility index (Phi) is 6.80. The fourth-order valence-corrected chi connectivity index (χ4v) is 2.67. The molecule has 1 saturated heterocycles. The van der Waals surface area contributed by atoms with E-state index in [1.807, 2.05) is 0 Å². The average molecular weight is 269 g/mol. The van der Waals surface area contributed by atoms with Gasteiger partial charge >= 0.3 is 0 Å². The Morgan fingerprint density at radius 3 is 2.53 bits per heavy atom. The van der Waals surface area contributed by atoms with E-state index >= 15 is 0 Å². The normalized spacial score (nSPS) is 23.9. The first-order valence-corrected chi connectivity index (χ1v) is 7.68. The van der Waals surface area contributed by atoms with Crippen LogP contribution in [0.4, 0.5) is 0 Å². The number of unbranched alkanes of at least 4 members (excludes halogenated alkanes) is 1. The van der Waals surface area contributed by atoms with E-state index in [-0.39, 0.29) is 12.2 Å². The molecular formula is C15H31N3O. The molecule has 1 aliphatic rings. The van der Waals surface area contributed by atoms with Crippen LogP contribution in [0.1, 0.15) is 46.5 Å². The van der Waals surface area contributed by atoms with E-state index < -0.39 is 0 Å². The molecular weight excluding hydrogens is 238 g/mol. The molecule has 0 spiro atoms. The van der Waals surface area contributed by atoms with Gasteiger partial charge in [0.1, 0.15) is 0 Å². The number of nitrogens with one attached hydrogen (secondary N) is 1. The molecule has 0 saturated carbocycles. The standard InChI is InChI=1S/C15H31N3O/c1-6-9-13-16-14(12(2)3)15(19)18(13)11-8-7-10-17(4)5/h12-14,16H,6-11H2,1-5H3. The zero-order valence-corrected chi connectivity index (χ0v) is 13.3. The molecule has 0 bridgehead atoms. The molecule has 0 aromatic carbocycles. The van der Waals surface area contributed by atoms with Crippen LogP contribution in [0.2, 0.25) is 0 Å². The van der Waals surface area contributed by atoms with Gasteiger partial charge in [-0.2, -0.15) is 0 Å². The van der Waals surface area contributed by atoms with Crippen molar-refractivity contribution in [2.45, 2.75) is 58.7 Å². The van der Waals surface area contributed by atoms with Gasteiger partial charge in [-0.25, -0.2) is 0 Å². The summed E-state index contributed by atoms with van der Waals surface area (Å²) in [5.74, 6) is 0.678. The molecule has 0 aromatic heterocycles. The Morgan fingerprint density at radius 1 is 1.32 bits per heavy atom. The third-order valence-electron chi connectivity index (χ3n) is 3.78. The van der Waals surface area contributed by atoms with Crippen molar-refractivity contribution in [1.29, 1.82) is 0 Å². The molecule has 19 heavy (non-hydrogen) atoms. The maximum Gasteiger partial charge on any atom is 0.241 e. The van der Waals surface area contributed by atoms with Crippen molar-refractivity contribution in [2.24, 2.45) is 5.92 Å². The Hall–Kier alpha value is -0.610. The smallest absolute Gasteiger partial charge is 0.241 e. The molecule has 2 atom stereocenters. The lowest BCUT2D eigenvalue weighted by atomic mass is 10.1. The summed E-state index contributed by atoms with van der Waals surface area (Å²) in [4.78, 5) is 16.7. The number of carbonyl (C=O) groups excluding carboxylic acids is 1. The van der Waals surface area contributed by atoms with Crippen LogP contribution in [0.5, 0.6) is 0 Å². The second-order valence-electron chi connectivity index (χ2n) is 6.23. The zero-order valence-electron chi connectivity index (χ0n) is 13.3. The van der Waals surface area contributed by atoms with Crippen LogP contribution in [-0.4, -0.2) is 55.1 Å². The first-order valence-electron chi connectivity index (χ1n) is 7.68. The largest absolute Gasteiger partial charge is 0.326 e. The lowest BCUT2D eigenvalue weighted by Gasteiger charge is -2.24. The quantitative estimate of drug-likeness (QED) is 0.684. The Labute approximate surface area is 118 Å². The lowest BCUT2D eigenvalue weighted by Crippen LogP contribution is -2.38. The summed E-state index contributed by atoms with van der Waals surface area (Å²) < 4.78 is 0. The van der Waals surface area contributed by atoms with Crippen LogP contribution in [0, 0.1) is 5.92 Å². The van der Waals surface area contributed by atoms with Gasteiger partial charge in [-0.15, -0.1) is 0 Å². The van der Waals surface area contributed by atoms with Crippen LogP contribution in [0.15, 0.2) is 0 Å². The number of rotatable bonds is 8. The van der Waals surface area contributed by atoms with Gasteiger partial charge in [-0.05, 0) is 45.8 Å². The van der Waals surface area contributed by atoms with Gasteiger partial charge in [0.15, 0.2) is 0 Å². The highest BCUT2D eigenvalue weighted by Crippen LogP contribution is 2.20. The summed E-state index contributed by atoms with van der Waals surface area (Å²) in [5.41, 5.74) is 0. The molecule has 1 fully saturated rings. The van der Waals surface area contributed by atoms with Crippen molar-refractivity contribution in [3.63, 3.8) is 0 Å². The van der Waals surface area contributed by atoms with E-state index in [0.29, 0.717) is 11.8 Å². The predicted molar refractivity (Wildman–Crippen MR) is 80.0 cm³/mol. The predicted octanol–water partition coefficient (Wildman–Crippen LogP) is 1.91. The highest BCUT2D eigenvalue weighted by Gasteiger charge is 2.39. The third kappa shape index (κ3) is 4.77. The van der Waals surface area contributed by atoms with E-state index in [4.69, 9.17) is 0 Å². The fraction of sp³-hybridized carbons (Fsp3) is 0.933. The minimum atomic E-state index is 0.0189. The summed E-state index contributed by atoms with van der Waals surface area (Å²) in [7, 11) is 4.19. The van der Waals surface area contributed by atoms with Crippen molar-refractivity contribution >= 4 is 5.91 Å². The van der Waals surface area contributed by atoms with Crippen molar-refractivity contribution in [1.82, 2.24) is 15.1 Å². The number of nitrogens with zero attached hydrogens (tertiary/aromatic N) is 2. The molecule has 2 unspecified atom stereocenters. The summed E-state index contributed by atoms with van der Waals surface area (Å²) in [6.07, 6.45) is 4.68. The van der Waals surface area contributed by atoms with Crippen LogP contribution in [0.25, 0.3) is 0 Å².